The summed E-state index contributed by atoms with van der Waals surface area (Å²) >= 11 is 15.7. The molecule has 0 amide bonds. The number of aromatic nitrogens is 2. The van der Waals surface area contributed by atoms with Gasteiger partial charge in [0.05, 0.1) is 30.7 Å². The molecule has 8 heteroatoms. The fraction of sp³-hybridized carbons (Fsp3) is 0.188. The first-order valence-corrected chi connectivity index (χ1v) is 10.4. The zero-order valence-corrected chi connectivity index (χ0v) is 16.5. The van der Waals surface area contributed by atoms with Gasteiger partial charge in [-0.1, -0.05) is 42.3 Å². The average Bonchev–Trinajstić information content (AvgIpc) is 2.95. The Hall–Kier alpha value is -1.08. The topological polar surface area (TPSA) is 62.8 Å². The Morgan fingerprint density at radius 1 is 1.21 bits per heavy atom. The predicted molar refractivity (Wildman–Crippen MR) is 101 cm³/mol. The van der Waals surface area contributed by atoms with Gasteiger partial charge in [0, 0.05) is 6.42 Å². The first-order valence-electron chi connectivity index (χ1n) is 7.15. The zero-order chi connectivity index (χ0) is 17.5. The largest absolute Gasteiger partial charge is 0.342 e. The molecule has 1 N–H and O–H groups in total. The molecule has 0 aliphatic heterocycles. The first kappa shape index (κ1) is 17.7. The number of H-pyrrole nitrogens is 1. The van der Waals surface area contributed by atoms with Gasteiger partial charge in [0.1, 0.15) is 11.3 Å². The third-order valence-corrected chi connectivity index (χ3v) is 7.39. The number of nitrogens with one attached hydrogen (secondary N) is 1. The second-order valence-electron chi connectivity index (χ2n) is 5.29. The summed E-state index contributed by atoms with van der Waals surface area (Å²) in [5.74, 6) is 0.816. The van der Waals surface area contributed by atoms with Gasteiger partial charge < -0.3 is 4.98 Å². The van der Waals surface area contributed by atoms with E-state index in [-0.39, 0.29) is 5.75 Å². The van der Waals surface area contributed by atoms with Gasteiger partial charge in [0.15, 0.2) is 9.84 Å². The van der Waals surface area contributed by atoms with Crippen molar-refractivity contribution in [1.29, 1.82) is 0 Å². The summed E-state index contributed by atoms with van der Waals surface area (Å²) in [7, 11) is -3.18. The summed E-state index contributed by atoms with van der Waals surface area (Å²) in [5.41, 5.74) is 2.35. The van der Waals surface area contributed by atoms with Gasteiger partial charge in [-0.05, 0) is 39.7 Å². The number of fused-ring (bicyclic) bond motifs is 1. The summed E-state index contributed by atoms with van der Waals surface area (Å²) in [5, 5.41) is 0.973. The number of hydrogen-bond donors (Lipinski definition) is 1. The molecule has 0 aliphatic rings. The van der Waals surface area contributed by atoms with Crippen LogP contribution in [0.2, 0.25) is 10.0 Å². The van der Waals surface area contributed by atoms with E-state index >= 15 is 0 Å². The summed E-state index contributed by atoms with van der Waals surface area (Å²) < 4.78 is 24.3. The standard InChI is InChI=1S/C16H13BrCl2N2O2S/c1-2-24(22,23)10-5-3-9(4-6-10)7-13-20-12-8-11(18)14(17)15(19)16(12)21-13/h3-6,8H,2,7H2,1H3,(H,20,21). The molecule has 0 fully saturated rings. The minimum atomic E-state index is -3.18. The van der Waals surface area contributed by atoms with Crippen molar-refractivity contribution in [2.75, 3.05) is 5.75 Å². The van der Waals surface area contributed by atoms with E-state index in [4.69, 9.17) is 23.2 Å². The van der Waals surface area contributed by atoms with E-state index in [0.29, 0.717) is 31.4 Å². The normalized spacial score (nSPS) is 12.0. The lowest BCUT2D eigenvalue weighted by Gasteiger charge is -2.03. The average molecular weight is 448 g/mol. The highest BCUT2D eigenvalue weighted by Crippen LogP contribution is 2.36. The number of hydrogen-bond acceptors (Lipinski definition) is 3. The van der Waals surface area contributed by atoms with E-state index < -0.39 is 9.84 Å². The zero-order valence-electron chi connectivity index (χ0n) is 12.6. The maximum Gasteiger partial charge on any atom is 0.178 e. The molecule has 1 aromatic heterocycles. The molecule has 2 aromatic carbocycles. The maximum atomic E-state index is 11.8. The van der Waals surface area contributed by atoms with Gasteiger partial charge in [-0.25, -0.2) is 13.4 Å². The highest BCUT2D eigenvalue weighted by molar-refractivity contribution is 9.10. The minimum Gasteiger partial charge on any atom is -0.342 e. The van der Waals surface area contributed by atoms with Gasteiger partial charge in [0.25, 0.3) is 0 Å². The van der Waals surface area contributed by atoms with Crippen LogP contribution in [-0.4, -0.2) is 24.1 Å². The number of halogens is 3. The van der Waals surface area contributed by atoms with Crippen LogP contribution in [0.25, 0.3) is 11.0 Å². The van der Waals surface area contributed by atoms with Crippen molar-refractivity contribution < 1.29 is 8.42 Å². The molecule has 0 atom stereocenters. The molecule has 126 valence electrons. The molecular formula is C16H13BrCl2N2O2S. The second-order valence-corrected chi connectivity index (χ2v) is 9.15. The van der Waals surface area contributed by atoms with Crippen LogP contribution in [0.1, 0.15) is 18.3 Å². The highest BCUT2D eigenvalue weighted by atomic mass is 79.9. The number of aromatic amines is 1. The Kier molecular flexibility index (Phi) is 4.93. The van der Waals surface area contributed by atoms with Crippen molar-refractivity contribution in [2.24, 2.45) is 0 Å². The lowest BCUT2D eigenvalue weighted by Crippen LogP contribution is -2.03. The highest BCUT2D eigenvalue weighted by Gasteiger charge is 2.14. The van der Waals surface area contributed by atoms with E-state index in [1.807, 2.05) is 0 Å². The smallest absolute Gasteiger partial charge is 0.178 e. The van der Waals surface area contributed by atoms with Gasteiger partial charge >= 0.3 is 0 Å². The number of benzene rings is 2. The van der Waals surface area contributed by atoms with Crippen LogP contribution in [-0.2, 0) is 16.3 Å². The molecule has 0 saturated carbocycles. The molecule has 0 saturated heterocycles. The van der Waals surface area contributed by atoms with Crippen LogP contribution in [0.15, 0.2) is 39.7 Å². The molecule has 3 rings (SSSR count). The molecule has 24 heavy (non-hydrogen) atoms. The molecule has 0 bridgehead atoms. The SMILES string of the molecule is CCS(=O)(=O)c1ccc(Cc2nc3c(Cl)c(Br)c(Cl)cc3[nH]2)cc1. The molecule has 0 aliphatic carbocycles. The Bertz CT molecular complexity index is 1010. The lowest BCUT2D eigenvalue weighted by molar-refractivity contribution is 0.597. The first-order chi connectivity index (χ1) is 11.3. The third-order valence-electron chi connectivity index (χ3n) is 3.70. The van der Waals surface area contributed by atoms with E-state index in [1.165, 1.54) is 0 Å². The van der Waals surface area contributed by atoms with E-state index in [9.17, 15) is 8.42 Å². The fourth-order valence-electron chi connectivity index (χ4n) is 2.37. The third kappa shape index (κ3) is 3.33. The molecule has 3 aromatic rings. The Morgan fingerprint density at radius 3 is 2.50 bits per heavy atom. The summed E-state index contributed by atoms with van der Waals surface area (Å²) in [4.78, 5) is 8.02. The van der Waals surface area contributed by atoms with E-state index in [2.05, 4.69) is 25.9 Å². The molecule has 0 unspecified atom stereocenters. The van der Waals surface area contributed by atoms with Crippen LogP contribution in [0.5, 0.6) is 0 Å². The van der Waals surface area contributed by atoms with Gasteiger partial charge in [0.2, 0.25) is 0 Å². The maximum absolute atomic E-state index is 11.8. The second kappa shape index (κ2) is 6.67. The number of nitrogens with zero attached hydrogens (tertiary/aromatic N) is 1. The van der Waals surface area contributed by atoms with Gasteiger partial charge in [-0.2, -0.15) is 0 Å². The number of rotatable bonds is 4. The Balaban J connectivity index is 1.92. The molecule has 0 radical (unpaired) electrons. The van der Waals surface area contributed by atoms with Crippen molar-refractivity contribution >= 4 is 60.0 Å². The summed E-state index contributed by atoms with van der Waals surface area (Å²) in [6.45, 7) is 1.63. The van der Waals surface area contributed by atoms with Crippen molar-refractivity contribution in [1.82, 2.24) is 9.97 Å². The van der Waals surface area contributed by atoms with Crippen LogP contribution in [0.4, 0.5) is 0 Å². The van der Waals surface area contributed by atoms with Crippen molar-refractivity contribution in [3.8, 4) is 0 Å². The minimum absolute atomic E-state index is 0.0874. The van der Waals surface area contributed by atoms with Crippen molar-refractivity contribution in [3.05, 3.63) is 56.2 Å². The summed E-state index contributed by atoms with van der Waals surface area (Å²) in [6, 6.07) is 8.59. The fourth-order valence-corrected chi connectivity index (χ4v) is 4.05. The number of sulfone groups is 1. The molecule has 0 spiro atoms. The molecular weight excluding hydrogens is 435 g/mol. The molecule has 4 nitrogen and oxygen atoms in total. The van der Waals surface area contributed by atoms with E-state index in [1.54, 1.807) is 37.3 Å². The van der Waals surface area contributed by atoms with Crippen molar-refractivity contribution in [2.45, 2.75) is 18.2 Å². The Labute approximate surface area is 158 Å². The summed E-state index contributed by atoms with van der Waals surface area (Å²) in [6.07, 6.45) is 0.534. The van der Waals surface area contributed by atoms with Crippen molar-refractivity contribution in [3.63, 3.8) is 0 Å². The molecule has 1 heterocycles. The van der Waals surface area contributed by atoms with E-state index in [0.717, 1.165) is 16.9 Å². The predicted octanol–water partition coefficient (Wildman–Crippen LogP) is 5.02. The van der Waals surface area contributed by atoms with Crippen LogP contribution < -0.4 is 0 Å². The van der Waals surface area contributed by atoms with Crippen LogP contribution in [0, 0.1) is 0 Å². The lowest BCUT2D eigenvalue weighted by atomic mass is 10.1. The van der Waals surface area contributed by atoms with Gasteiger partial charge in [-0.3, -0.25) is 0 Å². The monoisotopic (exact) mass is 446 g/mol. The van der Waals surface area contributed by atoms with Gasteiger partial charge in [-0.15, -0.1) is 0 Å². The number of imidazole rings is 1. The quantitative estimate of drug-likeness (QED) is 0.571. The van der Waals surface area contributed by atoms with Crippen LogP contribution >= 0.6 is 39.1 Å². The van der Waals surface area contributed by atoms with Crippen LogP contribution in [0.3, 0.4) is 0 Å². The Morgan fingerprint density at radius 2 is 1.88 bits per heavy atom.